The maximum Gasteiger partial charge on any atom is 0.270 e. The molecule has 2 amide bonds. The topological polar surface area (TPSA) is 87.0 Å². The van der Waals surface area contributed by atoms with E-state index in [4.69, 9.17) is 0 Å². The molecule has 1 aliphatic rings. The normalized spacial score (nSPS) is 14.1. The predicted molar refractivity (Wildman–Crippen MR) is 131 cm³/mol. The molecule has 1 heterocycles. The molecule has 0 radical (unpaired) electrons. The highest BCUT2D eigenvalue weighted by atomic mass is 19.1. The molecule has 0 atom stereocenters. The Labute approximate surface area is 205 Å². The van der Waals surface area contributed by atoms with Crippen molar-refractivity contribution in [3.63, 3.8) is 0 Å². The molecule has 0 spiro atoms. The Hall–Kier alpha value is -3.33. The quantitative estimate of drug-likeness (QED) is 0.272. The molecular formula is C26H33FN4O4. The summed E-state index contributed by atoms with van der Waals surface area (Å²) in [5.41, 5.74) is 1.11. The van der Waals surface area contributed by atoms with Crippen LogP contribution in [0.3, 0.4) is 0 Å². The summed E-state index contributed by atoms with van der Waals surface area (Å²) in [6.07, 6.45) is 3.41. The highest BCUT2D eigenvalue weighted by molar-refractivity contribution is 5.94. The molecule has 0 aliphatic carbocycles. The number of rotatable bonds is 11. The summed E-state index contributed by atoms with van der Waals surface area (Å²) in [5.74, 6) is -0.410. The Bertz CT molecular complexity index is 1010. The predicted octanol–water partition coefficient (Wildman–Crippen LogP) is 4.10. The fourth-order valence-corrected chi connectivity index (χ4v) is 4.16. The van der Waals surface area contributed by atoms with Crippen LogP contribution in [0.25, 0.3) is 0 Å². The standard InChI is InChI=1S/C26H33FN4O4/c1-2-3-4-8-25(32)30(20-21-9-11-23(27)12-10-21)18-15-28-13-16-29(17-14-28)26(33)22-6-5-7-24(19-22)31(34)35/h5-7,9-12,19H,2-4,8,13-18,20H2,1H3. The van der Waals surface area contributed by atoms with Gasteiger partial charge < -0.3 is 9.80 Å². The van der Waals surface area contributed by atoms with Gasteiger partial charge >= 0.3 is 0 Å². The number of non-ortho nitro benzene ring substituents is 1. The monoisotopic (exact) mass is 484 g/mol. The van der Waals surface area contributed by atoms with Gasteiger partial charge in [-0.3, -0.25) is 24.6 Å². The number of nitro groups is 1. The fraction of sp³-hybridized carbons (Fsp3) is 0.462. The van der Waals surface area contributed by atoms with E-state index in [1.54, 1.807) is 23.1 Å². The maximum atomic E-state index is 13.3. The number of carbonyl (C=O) groups excluding carboxylic acids is 2. The van der Waals surface area contributed by atoms with Crippen LogP contribution in [-0.2, 0) is 11.3 Å². The van der Waals surface area contributed by atoms with Crippen LogP contribution in [-0.4, -0.2) is 70.7 Å². The number of benzene rings is 2. The SMILES string of the molecule is CCCCCC(=O)N(CCN1CCN(C(=O)c2cccc([N+](=O)[O-])c2)CC1)Cc1ccc(F)cc1. The van der Waals surface area contributed by atoms with E-state index in [9.17, 15) is 24.1 Å². The minimum atomic E-state index is -0.504. The van der Waals surface area contributed by atoms with E-state index in [1.165, 1.54) is 30.3 Å². The zero-order chi connectivity index (χ0) is 25.2. The molecule has 1 fully saturated rings. The Morgan fingerprint density at radius 1 is 1.06 bits per heavy atom. The summed E-state index contributed by atoms with van der Waals surface area (Å²) < 4.78 is 13.3. The Kier molecular flexibility index (Phi) is 9.72. The van der Waals surface area contributed by atoms with Crippen LogP contribution in [0, 0.1) is 15.9 Å². The number of amides is 2. The minimum Gasteiger partial charge on any atom is -0.337 e. The Balaban J connectivity index is 1.54. The van der Waals surface area contributed by atoms with Crippen LogP contribution in [0.4, 0.5) is 10.1 Å². The van der Waals surface area contributed by atoms with E-state index in [0.717, 1.165) is 24.8 Å². The Morgan fingerprint density at radius 3 is 2.43 bits per heavy atom. The van der Waals surface area contributed by atoms with Gasteiger partial charge in [0, 0.05) is 69.9 Å². The first-order chi connectivity index (χ1) is 16.9. The first kappa shape index (κ1) is 26.3. The summed E-state index contributed by atoms with van der Waals surface area (Å²) in [6, 6.07) is 12.0. The lowest BCUT2D eigenvalue weighted by Gasteiger charge is -2.36. The Morgan fingerprint density at radius 2 is 1.77 bits per heavy atom. The van der Waals surface area contributed by atoms with Gasteiger partial charge in [-0.1, -0.05) is 38.0 Å². The van der Waals surface area contributed by atoms with Crippen LogP contribution in [0.1, 0.15) is 48.5 Å². The van der Waals surface area contributed by atoms with Crippen molar-refractivity contribution in [3.8, 4) is 0 Å². The summed E-state index contributed by atoms with van der Waals surface area (Å²) in [4.78, 5) is 41.9. The van der Waals surface area contributed by atoms with Crippen LogP contribution in [0.2, 0.25) is 0 Å². The summed E-state index contributed by atoms with van der Waals surface area (Å²) in [7, 11) is 0. The van der Waals surface area contributed by atoms with E-state index in [0.29, 0.717) is 57.8 Å². The van der Waals surface area contributed by atoms with Crippen LogP contribution in [0.5, 0.6) is 0 Å². The highest BCUT2D eigenvalue weighted by Gasteiger charge is 2.24. The van der Waals surface area contributed by atoms with Gasteiger partial charge in [-0.15, -0.1) is 0 Å². The number of nitro benzene ring substituents is 1. The van der Waals surface area contributed by atoms with E-state index in [2.05, 4.69) is 11.8 Å². The number of nitrogens with zero attached hydrogens (tertiary/aromatic N) is 4. The second kappa shape index (κ2) is 12.9. The number of carbonyl (C=O) groups is 2. The van der Waals surface area contributed by atoms with Crippen molar-refractivity contribution in [2.24, 2.45) is 0 Å². The third-order valence-corrected chi connectivity index (χ3v) is 6.28. The average molecular weight is 485 g/mol. The first-order valence-corrected chi connectivity index (χ1v) is 12.2. The molecule has 35 heavy (non-hydrogen) atoms. The number of hydrogen-bond donors (Lipinski definition) is 0. The molecule has 9 heteroatoms. The van der Waals surface area contributed by atoms with Crippen molar-refractivity contribution < 1.29 is 18.9 Å². The van der Waals surface area contributed by atoms with Crippen molar-refractivity contribution in [3.05, 3.63) is 75.6 Å². The minimum absolute atomic E-state index is 0.0978. The molecule has 188 valence electrons. The molecule has 0 bridgehead atoms. The zero-order valence-electron chi connectivity index (χ0n) is 20.2. The van der Waals surface area contributed by atoms with E-state index in [1.807, 2.05) is 4.90 Å². The number of hydrogen-bond acceptors (Lipinski definition) is 5. The third kappa shape index (κ3) is 7.85. The third-order valence-electron chi connectivity index (χ3n) is 6.28. The fourth-order valence-electron chi connectivity index (χ4n) is 4.16. The molecule has 0 unspecified atom stereocenters. The molecule has 0 N–H and O–H groups in total. The lowest BCUT2D eigenvalue weighted by molar-refractivity contribution is -0.384. The van der Waals surface area contributed by atoms with Gasteiger partial charge in [0.15, 0.2) is 0 Å². The zero-order valence-corrected chi connectivity index (χ0v) is 20.2. The van der Waals surface area contributed by atoms with Gasteiger partial charge in [0.1, 0.15) is 5.82 Å². The van der Waals surface area contributed by atoms with Crippen LogP contribution in [0.15, 0.2) is 48.5 Å². The summed E-state index contributed by atoms with van der Waals surface area (Å²) in [5, 5.41) is 11.0. The molecule has 0 saturated carbocycles. The van der Waals surface area contributed by atoms with Gasteiger partial charge in [-0.05, 0) is 30.2 Å². The molecule has 8 nitrogen and oxygen atoms in total. The van der Waals surface area contributed by atoms with Gasteiger partial charge in [0.05, 0.1) is 4.92 Å². The van der Waals surface area contributed by atoms with Crippen molar-refractivity contribution in [2.45, 2.75) is 39.2 Å². The number of piperazine rings is 1. The van der Waals surface area contributed by atoms with Gasteiger partial charge in [0.25, 0.3) is 11.6 Å². The lowest BCUT2D eigenvalue weighted by Crippen LogP contribution is -2.50. The molecular weight excluding hydrogens is 451 g/mol. The van der Waals surface area contributed by atoms with E-state index < -0.39 is 4.92 Å². The van der Waals surface area contributed by atoms with Crippen molar-refractivity contribution in [2.75, 3.05) is 39.3 Å². The average Bonchev–Trinajstić information content (AvgIpc) is 2.87. The van der Waals surface area contributed by atoms with Crippen LogP contribution >= 0.6 is 0 Å². The van der Waals surface area contributed by atoms with Crippen molar-refractivity contribution in [1.29, 1.82) is 0 Å². The molecule has 2 aromatic carbocycles. The molecule has 2 aromatic rings. The molecule has 3 rings (SSSR count). The van der Waals surface area contributed by atoms with Crippen LogP contribution < -0.4 is 0 Å². The lowest BCUT2D eigenvalue weighted by atomic mass is 10.1. The highest BCUT2D eigenvalue weighted by Crippen LogP contribution is 2.16. The van der Waals surface area contributed by atoms with E-state index in [-0.39, 0.29) is 23.3 Å². The molecule has 0 aromatic heterocycles. The second-order valence-corrected chi connectivity index (χ2v) is 8.84. The molecule has 1 aliphatic heterocycles. The number of halogens is 1. The second-order valence-electron chi connectivity index (χ2n) is 8.84. The summed E-state index contributed by atoms with van der Waals surface area (Å²) >= 11 is 0. The number of unbranched alkanes of at least 4 members (excludes halogenated alkanes) is 2. The van der Waals surface area contributed by atoms with Crippen molar-refractivity contribution in [1.82, 2.24) is 14.7 Å². The maximum absolute atomic E-state index is 13.3. The first-order valence-electron chi connectivity index (χ1n) is 12.2. The molecule has 1 saturated heterocycles. The largest absolute Gasteiger partial charge is 0.337 e. The van der Waals surface area contributed by atoms with Gasteiger partial charge in [0.2, 0.25) is 5.91 Å². The van der Waals surface area contributed by atoms with Gasteiger partial charge in [-0.25, -0.2) is 4.39 Å². The van der Waals surface area contributed by atoms with Gasteiger partial charge in [-0.2, -0.15) is 0 Å². The van der Waals surface area contributed by atoms with E-state index >= 15 is 0 Å². The van der Waals surface area contributed by atoms with Crippen molar-refractivity contribution >= 4 is 17.5 Å². The smallest absolute Gasteiger partial charge is 0.270 e. The summed E-state index contributed by atoms with van der Waals surface area (Å²) in [6.45, 7) is 6.14.